The number of amides is 1. The maximum absolute atomic E-state index is 10.8. The Morgan fingerprint density at radius 3 is 2.75 bits per heavy atom. The SMILES string of the molecule is CC(=O)NC1CCCCC1C#N. The van der Waals surface area contributed by atoms with Crippen LogP contribution in [0.2, 0.25) is 0 Å². The van der Waals surface area contributed by atoms with E-state index in [1.165, 1.54) is 6.92 Å². The van der Waals surface area contributed by atoms with Gasteiger partial charge in [-0.15, -0.1) is 0 Å². The fourth-order valence-electron chi connectivity index (χ4n) is 1.72. The fraction of sp³-hybridized carbons (Fsp3) is 0.778. The third-order valence-corrected chi connectivity index (χ3v) is 2.32. The van der Waals surface area contributed by atoms with E-state index in [0.717, 1.165) is 25.7 Å². The Hall–Kier alpha value is -1.04. The van der Waals surface area contributed by atoms with E-state index in [1.807, 2.05) is 0 Å². The highest BCUT2D eigenvalue weighted by molar-refractivity contribution is 5.73. The highest BCUT2D eigenvalue weighted by Gasteiger charge is 2.24. The molecule has 1 fully saturated rings. The molecule has 0 heterocycles. The van der Waals surface area contributed by atoms with Crippen molar-refractivity contribution in [3.05, 3.63) is 0 Å². The Kier molecular flexibility index (Phi) is 3.09. The number of rotatable bonds is 1. The van der Waals surface area contributed by atoms with Gasteiger partial charge in [-0.2, -0.15) is 5.26 Å². The molecule has 0 aliphatic heterocycles. The van der Waals surface area contributed by atoms with Crippen molar-refractivity contribution in [1.29, 1.82) is 5.26 Å². The number of carbonyl (C=O) groups excluding carboxylic acids is 1. The van der Waals surface area contributed by atoms with Crippen LogP contribution in [-0.4, -0.2) is 11.9 Å². The van der Waals surface area contributed by atoms with Gasteiger partial charge in [0, 0.05) is 13.0 Å². The maximum atomic E-state index is 10.8. The van der Waals surface area contributed by atoms with Crippen molar-refractivity contribution in [2.75, 3.05) is 0 Å². The molecule has 1 amide bonds. The molecule has 1 N–H and O–H groups in total. The number of hydrogen-bond acceptors (Lipinski definition) is 2. The summed E-state index contributed by atoms with van der Waals surface area (Å²) < 4.78 is 0. The molecule has 1 aliphatic carbocycles. The van der Waals surface area contributed by atoms with Crippen molar-refractivity contribution in [2.45, 2.75) is 38.6 Å². The molecule has 0 saturated heterocycles. The second-order valence-corrected chi connectivity index (χ2v) is 3.33. The van der Waals surface area contributed by atoms with Gasteiger partial charge in [0.25, 0.3) is 0 Å². The average Bonchev–Trinajstić information content (AvgIpc) is 2.04. The summed E-state index contributed by atoms with van der Waals surface area (Å²) in [5.41, 5.74) is 0. The number of nitriles is 1. The molecule has 0 aromatic carbocycles. The fourth-order valence-corrected chi connectivity index (χ4v) is 1.72. The number of hydrogen-bond donors (Lipinski definition) is 1. The van der Waals surface area contributed by atoms with Gasteiger partial charge < -0.3 is 5.32 Å². The van der Waals surface area contributed by atoms with E-state index in [2.05, 4.69) is 11.4 Å². The van der Waals surface area contributed by atoms with Crippen molar-refractivity contribution in [2.24, 2.45) is 5.92 Å². The normalized spacial score (nSPS) is 29.0. The quantitative estimate of drug-likeness (QED) is 0.636. The van der Waals surface area contributed by atoms with Crippen molar-refractivity contribution in [1.82, 2.24) is 5.32 Å². The summed E-state index contributed by atoms with van der Waals surface area (Å²) in [7, 11) is 0. The first-order valence-corrected chi connectivity index (χ1v) is 4.40. The largest absolute Gasteiger partial charge is 0.352 e. The van der Waals surface area contributed by atoms with Gasteiger partial charge in [0.1, 0.15) is 0 Å². The smallest absolute Gasteiger partial charge is 0.217 e. The first kappa shape index (κ1) is 9.05. The summed E-state index contributed by atoms with van der Waals surface area (Å²) >= 11 is 0. The molecule has 0 aromatic rings. The lowest BCUT2D eigenvalue weighted by atomic mass is 9.85. The zero-order valence-electron chi connectivity index (χ0n) is 7.34. The molecule has 0 bridgehead atoms. The Bertz CT molecular complexity index is 207. The van der Waals surface area contributed by atoms with Crippen LogP contribution in [0.3, 0.4) is 0 Å². The van der Waals surface area contributed by atoms with E-state index in [-0.39, 0.29) is 17.9 Å². The molecule has 1 rings (SSSR count). The lowest BCUT2D eigenvalue weighted by Gasteiger charge is -2.26. The van der Waals surface area contributed by atoms with E-state index in [1.54, 1.807) is 0 Å². The van der Waals surface area contributed by atoms with Gasteiger partial charge in [0.05, 0.1) is 12.0 Å². The van der Waals surface area contributed by atoms with E-state index in [0.29, 0.717) is 0 Å². The second kappa shape index (κ2) is 4.10. The molecule has 66 valence electrons. The molecule has 0 spiro atoms. The summed E-state index contributed by atoms with van der Waals surface area (Å²) in [6.45, 7) is 1.50. The Balaban J connectivity index is 2.48. The predicted molar refractivity (Wildman–Crippen MR) is 45.2 cm³/mol. The predicted octanol–water partition coefficient (Wildman–Crippen LogP) is 1.20. The molecule has 0 radical (unpaired) electrons. The third-order valence-electron chi connectivity index (χ3n) is 2.32. The highest BCUT2D eigenvalue weighted by atomic mass is 16.1. The van der Waals surface area contributed by atoms with Crippen molar-refractivity contribution in [3.8, 4) is 6.07 Å². The van der Waals surface area contributed by atoms with Crippen LogP contribution in [0, 0.1) is 17.2 Å². The molecule has 2 unspecified atom stereocenters. The third kappa shape index (κ3) is 2.23. The lowest BCUT2D eigenvalue weighted by Crippen LogP contribution is -2.40. The lowest BCUT2D eigenvalue weighted by molar-refractivity contribution is -0.120. The molecule has 3 heteroatoms. The van der Waals surface area contributed by atoms with Crippen LogP contribution >= 0.6 is 0 Å². The maximum Gasteiger partial charge on any atom is 0.217 e. The summed E-state index contributed by atoms with van der Waals surface area (Å²) in [5, 5.41) is 11.6. The number of nitrogens with zero attached hydrogens (tertiary/aromatic N) is 1. The molecule has 12 heavy (non-hydrogen) atoms. The van der Waals surface area contributed by atoms with Crippen LogP contribution in [0.25, 0.3) is 0 Å². The van der Waals surface area contributed by atoms with Crippen molar-refractivity contribution < 1.29 is 4.79 Å². The van der Waals surface area contributed by atoms with Gasteiger partial charge in [-0.25, -0.2) is 0 Å². The minimum atomic E-state index is -0.0258. The molecular formula is C9H14N2O. The van der Waals surface area contributed by atoms with Crippen molar-refractivity contribution >= 4 is 5.91 Å². The summed E-state index contributed by atoms with van der Waals surface area (Å²) in [4.78, 5) is 10.8. The summed E-state index contributed by atoms with van der Waals surface area (Å²) in [5.74, 6) is 0.00444. The minimum absolute atomic E-state index is 0.0258. The summed E-state index contributed by atoms with van der Waals surface area (Å²) in [6.07, 6.45) is 4.14. The summed E-state index contributed by atoms with van der Waals surface area (Å²) in [6, 6.07) is 2.34. The van der Waals surface area contributed by atoms with Crippen LogP contribution in [-0.2, 0) is 4.79 Å². The van der Waals surface area contributed by atoms with Crippen LogP contribution in [0.5, 0.6) is 0 Å². The van der Waals surface area contributed by atoms with Gasteiger partial charge in [-0.3, -0.25) is 4.79 Å². The highest BCUT2D eigenvalue weighted by Crippen LogP contribution is 2.23. The average molecular weight is 166 g/mol. The number of nitrogens with one attached hydrogen (secondary N) is 1. The van der Waals surface area contributed by atoms with E-state index in [9.17, 15) is 4.79 Å². The number of carbonyl (C=O) groups is 1. The standard InChI is InChI=1S/C9H14N2O/c1-7(12)11-9-5-3-2-4-8(9)6-10/h8-9H,2-5H2,1H3,(H,11,12). The Morgan fingerprint density at radius 2 is 2.17 bits per heavy atom. The van der Waals surface area contributed by atoms with Gasteiger partial charge in [-0.1, -0.05) is 12.8 Å². The molecule has 1 aliphatic rings. The van der Waals surface area contributed by atoms with E-state index in [4.69, 9.17) is 5.26 Å². The van der Waals surface area contributed by atoms with E-state index < -0.39 is 0 Å². The van der Waals surface area contributed by atoms with Gasteiger partial charge in [0.2, 0.25) is 5.91 Å². The molecule has 1 saturated carbocycles. The first-order valence-electron chi connectivity index (χ1n) is 4.40. The van der Waals surface area contributed by atoms with Crippen LogP contribution < -0.4 is 5.32 Å². The first-order chi connectivity index (χ1) is 5.74. The van der Waals surface area contributed by atoms with Gasteiger partial charge in [-0.05, 0) is 12.8 Å². The van der Waals surface area contributed by atoms with E-state index >= 15 is 0 Å². The van der Waals surface area contributed by atoms with Crippen LogP contribution in [0.4, 0.5) is 0 Å². The minimum Gasteiger partial charge on any atom is -0.352 e. The second-order valence-electron chi connectivity index (χ2n) is 3.33. The topological polar surface area (TPSA) is 52.9 Å². The monoisotopic (exact) mass is 166 g/mol. The zero-order valence-corrected chi connectivity index (χ0v) is 7.34. The molecule has 3 nitrogen and oxygen atoms in total. The molecule has 2 atom stereocenters. The molecule has 0 aromatic heterocycles. The van der Waals surface area contributed by atoms with Crippen LogP contribution in [0.1, 0.15) is 32.6 Å². The Morgan fingerprint density at radius 1 is 1.50 bits per heavy atom. The van der Waals surface area contributed by atoms with Crippen molar-refractivity contribution in [3.63, 3.8) is 0 Å². The zero-order chi connectivity index (χ0) is 8.97. The Labute approximate surface area is 72.8 Å². The van der Waals surface area contributed by atoms with Gasteiger partial charge in [0.15, 0.2) is 0 Å². The van der Waals surface area contributed by atoms with Gasteiger partial charge >= 0.3 is 0 Å². The molecular weight excluding hydrogens is 152 g/mol. The van der Waals surface area contributed by atoms with Crippen LogP contribution in [0.15, 0.2) is 0 Å².